The molecular weight excluding hydrogens is 877 g/mol. The molecule has 0 aliphatic heterocycles. The number of nitro groups is 2. The maximum Gasteiger partial charge on any atom is 0.331 e. The van der Waals surface area contributed by atoms with E-state index in [0.717, 1.165) is 57.9 Å². The number of rotatable bonds is 21. The second-order valence-corrected chi connectivity index (χ2v) is 14.6. The first kappa shape index (κ1) is 52.2. The summed E-state index contributed by atoms with van der Waals surface area (Å²) < 4.78 is 42.7. The van der Waals surface area contributed by atoms with E-state index in [1.807, 2.05) is 97.1 Å². The van der Waals surface area contributed by atoms with Crippen molar-refractivity contribution in [3.63, 3.8) is 0 Å². The van der Waals surface area contributed by atoms with E-state index in [0.29, 0.717) is 30.3 Å². The zero-order chi connectivity index (χ0) is 49.1. The van der Waals surface area contributed by atoms with Gasteiger partial charge in [-0.1, -0.05) is 72.8 Å². The van der Waals surface area contributed by atoms with E-state index in [4.69, 9.17) is 48.0 Å². The lowest BCUT2D eigenvalue weighted by Gasteiger charge is -2.14. The standard InChI is InChI=1S/C26H27NO7.C25H24O5.CH3NO2/c1-31-23-9-3-19(4-10-23)17-33-25-13-7-21(8-14-25)22(16-27(29)30)15-26(28)34-18-20-5-11-24(32-2)12-6-20;1-27-22-10-5-20(6-11-22)17-29-24-14-3-19(4-15-24)9-16-25(26)30-18-21-7-12-23(28-2)13-8-21;1-2(3)4/h3-14,22H,15-18H2,1-2H3;3-16H,17-18H2,1-2H3;1H3/b;16-9+;. The van der Waals surface area contributed by atoms with E-state index in [9.17, 15) is 19.7 Å². The van der Waals surface area contributed by atoms with Gasteiger partial charge in [0.05, 0.1) is 40.8 Å². The number of carbonyl (C=O) groups is 2. The van der Waals surface area contributed by atoms with Crippen molar-refractivity contribution < 1.29 is 57.3 Å². The maximum atomic E-state index is 12.4. The molecule has 0 heterocycles. The summed E-state index contributed by atoms with van der Waals surface area (Å²) in [6.07, 6.45) is 3.03. The second-order valence-electron chi connectivity index (χ2n) is 14.6. The average Bonchev–Trinajstić information content (AvgIpc) is 3.36. The molecule has 0 saturated carbocycles. The molecule has 0 aromatic heterocycles. The normalized spacial score (nSPS) is 10.7. The number of esters is 2. The van der Waals surface area contributed by atoms with Crippen LogP contribution in [0.2, 0.25) is 0 Å². The lowest BCUT2D eigenvalue weighted by molar-refractivity contribution is -0.483. The number of benzene rings is 6. The first-order valence-corrected chi connectivity index (χ1v) is 21.0. The minimum atomic E-state index is -0.603. The van der Waals surface area contributed by atoms with E-state index < -0.39 is 27.7 Å². The van der Waals surface area contributed by atoms with Gasteiger partial charge in [-0.15, -0.1) is 0 Å². The van der Waals surface area contributed by atoms with Crippen LogP contribution in [0.15, 0.2) is 152 Å². The molecule has 0 amide bonds. The van der Waals surface area contributed by atoms with Crippen LogP contribution in [0.3, 0.4) is 0 Å². The van der Waals surface area contributed by atoms with E-state index in [-0.39, 0.29) is 26.2 Å². The predicted octanol–water partition coefficient (Wildman–Crippen LogP) is 9.71. The Morgan fingerprint density at radius 3 is 1.21 bits per heavy atom. The third kappa shape index (κ3) is 19.8. The molecule has 6 rings (SSSR count). The highest BCUT2D eigenvalue weighted by Crippen LogP contribution is 2.25. The monoisotopic (exact) mass is 930 g/mol. The SMILES string of the molecule is COc1ccc(COC(=O)/C=C/c2ccc(OCc3ccc(OC)cc3)cc2)cc1.COc1ccc(COC(=O)CC(C[N+](=O)[O-])c2ccc(OCc3ccc(OC)cc3)cc2)cc1.C[N+](=O)[O-]. The van der Waals surface area contributed by atoms with E-state index in [2.05, 4.69) is 0 Å². The zero-order valence-corrected chi connectivity index (χ0v) is 38.4. The van der Waals surface area contributed by atoms with Gasteiger partial charge in [-0.3, -0.25) is 25.0 Å². The molecule has 68 heavy (non-hydrogen) atoms. The van der Waals surface area contributed by atoms with Crippen molar-refractivity contribution in [3.8, 4) is 34.5 Å². The lowest BCUT2D eigenvalue weighted by Crippen LogP contribution is -2.18. The number of carbonyl (C=O) groups excluding carboxylic acids is 2. The number of hydrogen-bond donors (Lipinski definition) is 0. The van der Waals surface area contributed by atoms with Crippen LogP contribution >= 0.6 is 0 Å². The average molecular weight is 931 g/mol. The number of methoxy groups -OCH3 is 4. The van der Waals surface area contributed by atoms with Crippen LogP contribution in [-0.2, 0) is 45.5 Å². The Balaban J connectivity index is 0.000000277. The van der Waals surface area contributed by atoms with Gasteiger partial charge >= 0.3 is 11.9 Å². The number of nitrogens with zero attached hydrogens (tertiary/aromatic N) is 2. The number of hydrogen-bond acceptors (Lipinski definition) is 14. The van der Waals surface area contributed by atoms with Crippen LogP contribution in [-0.4, -0.2) is 63.8 Å². The molecule has 6 aromatic rings. The Bertz CT molecular complexity index is 2470. The van der Waals surface area contributed by atoms with Crippen LogP contribution in [0.25, 0.3) is 6.08 Å². The van der Waals surface area contributed by atoms with Crippen molar-refractivity contribution in [1.29, 1.82) is 0 Å². The van der Waals surface area contributed by atoms with Gasteiger partial charge in [0.2, 0.25) is 6.54 Å². The topological polar surface area (TPSA) is 194 Å². The Labute approximate surface area is 394 Å². The molecule has 1 unspecified atom stereocenters. The van der Waals surface area contributed by atoms with E-state index in [1.165, 1.54) is 6.08 Å². The molecule has 16 nitrogen and oxygen atoms in total. The molecule has 0 radical (unpaired) electrons. The molecule has 0 saturated heterocycles. The van der Waals surface area contributed by atoms with Gasteiger partial charge in [0.15, 0.2) is 7.05 Å². The van der Waals surface area contributed by atoms with Gasteiger partial charge < -0.3 is 37.9 Å². The summed E-state index contributed by atoms with van der Waals surface area (Å²) >= 11 is 0. The van der Waals surface area contributed by atoms with Gasteiger partial charge in [0, 0.05) is 15.9 Å². The molecule has 0 bridgehead atoms. The van der Waals surface area contributed by atoms with Crippen LogP contribution in [0.1, 0.15) is 45.7 Å². The van der Waals surface area contributed by atoms with Gasteiger partial charge in [0.25, 0.3) is 0 Å². The van der Waals surface area contributed by atoms with Crippen molar-refractivity contribution in [2.75, 3.05) is 42.0 Å². The highest BCUT2D eigenvalue weighted by atomic mass is 16.6. The summed E-state index contributed by atoms with van der Waals surface area (Å²) in [5.41, 5.74) is 5.30. The van der Waals surface area contributed by atoms with Crippen molar-refractivity contribution >= 4 is 18.0 Å². The van der Waals surface area contributed by atoms with Crippen molar-refractivity contribution in [2.24, 2.45) is 0 Å². The molecular formula is C52H54N2O14. The minimum Gasteiger partial charge on any atom is -0.497 e. The lowest BCUT2D eigenvalue weighted by atomic mass is 9.96. The summed E-state index contributed by atoms with van der Waals surface area (Å²) in [6, 6.07) is 44.3. The molecule has 0 aliphatic carbocycles. The van der Waals surface area contributed by atoms with Gasteiger partial charge in [0.1, 0.15) is 60.9 Å². The van der Waals surface area contributed by atoms with Crippen LogP contribution < -0.4 is 28.4 Å². The maximum absolute atomic E-state index is 12.4. The smallest absolute Gasteiger partial charge is 0.331 e. The van der Waals surface area contributed by atoms with Crippen molar-refractivity contribution in [1.82, 2.24) is 0 Å². The predicted molar refractivity (Wildman–Crippen MR) is 254 cm³/mol. The van der Waals surface area contributed by atoms with Crippen LogP contribution in [0.4, 0.5) is 0 Å². The Morgan fingerprint density at radius 1 is 0.500 bits per heavy atom. The first-order chi connectivity index (χ1) is 32.8. The molecule has 16 heteroatoms. The Hall–Kier alpha value is -8.40. The fraction of sp³-hybridized carbons (Fsp3) is 0.231. The van der Waals surface area contributed by atoms with Crippen LogP contribution in [0.5, 0.6) is 34.5 Å². The fourth-order valence-electron chi connectivity index (χ4n) is 5.99. The third-order valence-corrected chi connectivity index (χ3v) is 9.65. The van der Waals surface area contributed by atoms with Crippen molar-refractivity contribution in [3.05, 3.63) is 205 Å². The second kappa shape index (κ2) is 28.5. The summed E-state index contributed by atoms with van der Waals surface area (Å²) in [5, 5.41) is 20.0. The van der Waals surface area contributed by atoms with E-state index in [1.54, 1.807) is 83.0 Å². The Kier molecular flexibility index (Phi) is 21.9. The minimum absolute atomic E-state index is 0.0894. The van der Waals surface area contributed by atoms with Gasteiger partial charge in [-0.2, -0.15) is 0 Å². The highest BCUT2D eigenvalue weighted by molar-refractivity contribution is 5.87. The highest BCUT2D eigenvalue weighted by Gasteiger charge is 2.23. The summed E-state index contributed by atoms with van der Waals surface area (Å²) in [4.78, 5) is 43.4. The van der Waals surface area contributed by atoms with Gasteiger partial charge in [-0.05, 0) is 112 Å². The molecule has 1 atom stereocenters. The molecule has 0 aliphatic rings. The summed E-state index contributed by atoms with van der Waals surface area (Å²) in [7, 11) is 7.32. The summed E-state index contributed by atoms with van der Waals surface area (Å²) in [6.45, 7) is 0.775. The Morgan fingerprint density at radius 2 is 0.838 bits per heavy atom. The van der Waals surface area contributed by atoms with Crippen LogP contribution in [0, 0.1) is 20.2 Å². The van der Waals surface area contributed by atoms with Crippen molar-refractivity contribution in [2.45, 2.75) is 38.8 Å². The molecule has 0 N–H and O–H groups in total. The molecule has 356 valence electrons. The quantitative estimate of drug-likeness (QED) is 0.0286. The molecule has 6 aromatic carbocycles. The molecule has 0 spiro atoms. The summed E-state index contributed by atoms with van der Waals surface area (Å²) in [5.74, 6) is 2.94. The fourth-order valence-corrected chi connectivity index (χ4v) is 5.99. The zero-order valence-electron chi connectivity index (χ0n) is 38.4. The first-order valence-electron chi connectivity index (χ1n) is 21.0. The van der Waals surface area contributed by atoms with E-state index >= 15 is 0 Å². The molecule has 0 fully saturated rings. The van der Waals surface area contributed by atoms with Gasteiger partial charge in [-0.25, -0.2) is 4.79 Å². The number of ether oxygens (including phenoxy) is 8. The third-order valence-electron chi connectivity index (χ3n) is 9.65. The largest absolute Gasteiger partial charge is 0.497 e.